The van der Waals surface area contributed by atoms with E-state index in [0.717, 1.165) is 89.4 Å². The summed E-state index contributed by atoms with van der Waals surface area (Å²) in [7, 11) is 0. The molecule has 2 N–H and O–H groups in total. The molecule has 51 heavy (non-hydrogen) atoms. The molecule has 0 bridgehead atoms. The smallest absolute Gasteiger partial charge is 0.261 e. The minimum absolute atomic E-state index is 0.0532. The van der Waals surface area contributed by atoms with Crippen molar-refractivity contribution in [3.8, 4) is 0 Å². The van der Waals surface area contributed by atoms with Gasteiger partial charge in [0.25, 0.3) is 17.7 Å². The van der Waals surface area contributed by atoms with Crippen LogP contribution < -0.4 is 15.5 Å². The molecule has 0 saturated carbocycles. The van der Waals surface area contributed by atoms with Gasteiger partial charge in [0.15, 0.2) is 0 Å². The SMILES string of the molecule is CCCNC(=O)c1ccc(C2=C(C)c3ccccc3N(C(=O)c3ccc(NC(=O)c4cc(C)cnc4C4=CCC5(CCOCC5)C4)cc3)CC2)s1. The Bertz CT molecular complexity index is 2040. The molecule has 1 saturated heterocycles. The summed E-state index contributed by atoms with van der Waals surface area (Å²) in [4.78, 5) is 48.8. The Labute approximate surface area is 303 Å². The zero-order valence-corrected chi connectivity index (χ0v) is 30.3. The molecule has 1 aliphatic carbocycles. The van der Waals surface area contributed by atoms with E-state index in [9.17, 15) is 14.4 Å². The number of hydrogen-bond donors (Lipinski definition) is 2. The number of fused-ring (bicyclic) bond motifs is 1. The highest BCUT2D eigenvalue weighted by Crippen LogP contribution is 2.48. The first kappa shape index (κ1) is 34.6. The number of aromatic nitrogens is 1. The van der Waals surface area contributed by atoms with Gasteiger partial charge in [-0.3, -0.25) is 19.4 Å². The van der Waals surface area contributed by atoms with E-state index in [1.165, 1.54) is 11.3 Å². The van der Waals surface area contributed by atoms with Gasteiger partial charge in [0.1, 0.15) is 0 Å². The maximum absolute atomic E-state index is 14.1. The topological polar surface area (TPSA) is 101 Å². The van der Waals surface area contributed by atoms with E-state index in [4.69, 9.17) is 9.72 Å². The minimum atomic E-state index is -0.218. The molecule has 3 aliphatic rings. The average Bonchev–Trinajstić information content (AvgIpc) is 3.77. The summed E-state index contributed by atoms with van der Waals surface area (Å²) in [6.45, 7) is 8.78. The lowest BCUT2D eigenvalue weighted by atomic mass is 9.77. The summed E-state index contributed by atoms with van der Waals surface area (Å²) in [5.41, 5.74) is 8.79. The van der Waals surface area contributed by atoms with Crippen molar-refractivity contribution >= 4 is 57.2 Å². The molecule has 262 valence electrons. The zero-order chi connectivity index (χ0) is 35.5. The second-order valence-corrected chi connectivity index (χ2v) is 15.0. The van der Waals surface area contributed by atoms with Crippen LogP contribution in [0, 0.1) is 12.3 Å². The number of aryl methyl sites for hydroxylation is 1. The molecular weight excluding hydrogens is 657 g/mol. The summed E-state index contributed by atoms with van der Waals surface area (Å²) in [6, 6.07) is 20.9. The molecule has 3 amide bonds. The number of benzene rings is 2. The van der Waals surface area contributed by atoms with Crippen LogP contribution in [0.1, 0.15) is 104 Å². The fourth-order valence-corrected chi connectivity index (χ4v) is 8.54. The van der Waals surface area contributed by atoms with Gasteiger partial charge in [0.2, 0.25) is 0 Å². The van der Waals surface area contributed by atoms with Gasteiger partial charge in [0, 0.05) is 54.2 Å². The number of ether oxygens (including phenoxy) is 1. The molecule has 1 spiro atoms. The number of carbonyl (C=O) groups is 3. The number of nitrogens with zero attached hydrogens (tertiary/aromatic N) is 2. The van der Waals surface area contributed by atoms with Crippen LogP contribution in [0.2, 0.25) is 0 Å². The molecule has 4 heterocycles. The number of hydrogen-bond acceptors (Lipinski definition) is 6. The maximum atomic E-state index is 14.1. The van der Waals surface area contributed by atoms with Gasteiger partial charge in [-0.15, -0.1) is 11.3 Å². The summed E-state index contributed by atoms with van der Waals surface area (Å²) in [6.07, 6.45) is 9.57. The molecule has 0 radical (unpaired) electrons. The first-order chi connectivity index (χ1) is 24.7. The van der Waals surface area contributed by atoms with Gasteiger partial charge < -0.3 is 20.3 Å². The Hall–Kier alpha value is -4.86. The van der Waals surface area contributed by atoms with Crippen molar-refractivity contribution in [3.63, 3.8) is 0 Å². The van der Waals surface area contributed by atoms with Crippen molar-refractivity contribution < 1.29 is 19.1 Å². The Kier molecular flexibility index (Phi) is 10.0. The van der Waals surface area contributed by atoms with Crippen molar-refractivity contribution in [2.45, 2.75) is 59.3 Å². The van der Waals surface area contributed by atoms with Gasteiger partial charge in [-0.25, -0.2) is 0 Å². The molecular formula is C42H44N4O4S. The van der Waals surface area contributed by atoms with Crippen LogP contribution in [0.15, 0.2) is 79.0 Å². The van der Waals surface area contributed by atoms with Crippen LogP contribution in [0.25, 0.3) is 16.7 Å². The van der Waals surface area contributed by atoms with Crippen molar-refractivity contribution in [1.29, 1.82) is 0 Å². The zero-order valence-electron chi connectivity index (χ0n) is 29.5. The normalized spacial score (nSPS) is 16.8. The molecule has 1 fully saturated rings. The average molecular weight is 701 g/mol. The number of thiophene rings is 1. The Balaban J connectivity index is 1.07. The number of para-hydroxylation sites is 1. The summed E-state index contributed by atoms with van der Waals surface area (Å²) < 4.78 is 5.62. The lowest BCUT2D eigenvalue weighted by Gasteiger charge is -2.33. The van der Waals surface area contributed by atoms with Crippen molar-refractivity contribution in [2.75, 3.05) is 36.5 Å². The fourth-order valence-electron chi connectivity index (χ4n) is 7.49. The van der Waals surface area contributed by atoms with E-state index in [1.54, 1.807) is 24.3 Å². The Morgan fingerprint density at radius 2 is 1.76 bits per heavy atom. The summed E-state index contributed by atoms with van der Waals surface area (Å²) >= 11 is 1.49. The molecule has 7 rings (SSSR count). The number of anilines is 2. The molecule has 8 nitrogen and oxygen atoms in total. The maximum Gasteiger partial charge on any atom is 0.261 e. The van der Waals surface area contributed by atoms with E-state index in [1.807, 2.05) is 61.3 Å². The number of allylic oxidation sites excluding steroid dienone is 3. The highest BCUT2D eigenvalue weighted by Gasteiger charge is 2.37. The number of rotatable bonds is 8. The van der Waals surface area contributed by atoms with Crippen molar-refractivity contribution in [2.24, 2.45) is 5.41 Å². The molecule has 0 atom stereocenters. The number of pyridine rings is 1. The molecule has 9 heteroatoms. The number of amides is 3. The van der Waals surface area contributed by atoms with Crippen LogP contribution in [0.5, 0.6) is 0 Å². The Morgan fingerprint density at radius 3 is 2.55 bits per heavy atom. The highest BCUT2D eigenvalue weighted by molar-refractivity contribution is 7.15. The number of carbonyl (C=O) groups excluding carboxylic acids is 3. The summed E-state index contributed by atoms with van der Waals surface area (Å²) in [5, 5.41) is 6.02. The second-order valence-electron chi connectivity index (χ2n) is 13.9. The molecule has 2 aromatic heterocycles. The van der Waals surface area contributed by atoms with Crippen molar-refractivity contribution in [3.05, 3.63) is 117 Å². The first-order valence-corrected chi connectivity index (χ1v) is 18.7. The van der Waals surface area contributed by atoms with E-state index in [0.29, 0.717) is 41.2 Å². The predicted octanol–water partition coefficient (Wildman–Crippen LogP) is 8.80. The molecule has 2 aliphatic heterocycles. The van der Waals surface area contributed by atoms with Gasteiger partial charge in [-0.2, -0.15) is 0 Å². The van der Waals surface area contributed by atoms with Crippen LogP contribution in [0.3, 0.4) is 0 Å². The van der Waals surface area contributed by atoms with Gasteiger partial charge in [-0.05, 0) is 129 Å². The quantitative estimate of drug-likeness (QED) is 0.191. The highest BCUT2D eigenvalue weighted by atomic mass is 32.1. The predicted molar refractivity (Wildman–Crippen MR) is 205 cm³/mol. The van der Waals surface area contributed by atoms with Crippen LogP contribution in [-0.4, -0.2) is 49.0 Å². The third-order valence-corrected chi connectivity index (χ3v) is 11.6. The van der Waals surface area contributed by atoms with E-state index in [-0.39, 0.29) is 23.1 Å². The third kappa shape index (κ3) is 7.18. The second kappa shape index (κ2) is 14.8. The van der Waals surface area contributed by atoms with E-state index >= 15 is 0 Å². The first-order valence-electron chi connectivity index (χ1n) is 17.9. The lowest BCUT2D eigenvalue weighted by Crippen LogP contribution is -2.32. The van der Waals surface area contributed by atoms with Crippen LogP contribution in [-0.2, 0) is 4.74 Å². The fraction of sp³-hybridized carbons (Fsp3) is 0.333. The minimum Gasteiger partial charge on any atom is -0.381 e. The molecule has 4 aromatic rings. The lowest BCUT2D eigenvalue weighted by molar-refractivity contribution is 0.0217. The molecule has 0 unspecified atom stereocenters. The largest absolute Gasteiger partial charge is 0.381 e. The van der Waals surface area contributed by atoms with E-state index < -0.39 is 0 Å². The summed E-state index contributed by atoms with van der Waals surface area (Å²) in [5.74, 6) is -0.382. The third-order valence-electron chi connectivity index (χ3n) is 10.4. The van der Waals surface area contributed by atoms with Crippen LogP contribution in [0.4, 0.5) is 11.4 Å². The standard InChI is InChI=1S/C42H44N4O4S/c1-4-20-43-40(48)37-14-13-36(51-37)33-16-21-46(35-8-6-5-7-32(35)28(33)3)41(49)29-9-11-31(12-10-29)45-39(47)34-24-27(2)26-44-38(34)30-15-17-42(25-30)18-22-50-23-19-42/h5-15,24,26H,4,16-23,25H2,1-3H3,(H,43,48)(H,45,47). The monoisotopic (exact) mass is 700 g/mol. The van der Waals surface area contributed by atoms with Gasteiger partial charge in [0.05, 0.1) is 21.8 Å². The van der Waals surface area contributed by atoms with Crippen LogP contribution >= 0.6 is 11.3 Å². The molecule has 2 aromatic carbocycles. The Morgan fingerprint density at radius 1 is 0.980 bits per heavy atom. The number of nitrogens with one attached hydrogen (secondary N) is 2. The van der Waals surface area contributed by atoms with E-state index in [2.05, 4.69) is 29.7 Å². The van der Waals surface area contributed by atoms with Gasteiger partial charge >= 0.3 is 0 Å². The van der Waals surface area contributed by atoms with Gasteiger partial charge in [-0.1, -0.05) is 31.2 Å². The van der Waals surface area contributed by atoms with Crippen molar-refractivity contribution in [1.82, 2.24) is 10.3 Å².